The number of benzene rings is 1. The zero-order valence-electron chi connectivity index (χ0n) is 10.1. The number of carbonyl (C=O) groups is 1. The van der Waals surface area contributed by atoms with E-state index in [1.807, 2.05) is 0 Å². The summed E-state index contributed by atoms with van der Waals surface area (Å²) in [4.78, 5) is 11.4. The lowest BCUT2D eigenvalue weighted by atomic mass is 10.2. The molecule has 0 bridgehead atoms. The van der Waals surface area contributed by atoms with E-state index >= 15 is 0 Å². The Kier molecular flexibility index (Phi) is 6.06. The van der Waals surface area contributed by atoms with Crippen molar-refractivity contribution in [3.05, 3.63) is 27.2 Å². The second-order valence-electron chi connectivity index (χ2n) is 3.78. The Labute approximate surface area is 121 Å². The summed E-state index contributed by atoms with van der Waals surface area (Å²) in [5.74, 6) is -0.543. The van der Waals surface area contributed by atoms with E-state index in [-0.39, 0.29) is 11.9 Å². The average molecular weight is 311 g/mol. The Morgan fingerprint density at radius 1 is 1.33 bits per heavy atom. The van der Waals surface area contributed by atoms with Crippen molar-refractivity contribution in [1.29, 1.82) is 0 Å². The van der Waals surface area contributed by atoms with E-state index in [2.05, 4.69) is 5.32 Å². The number of hydrogen-bond donors (Lipinski definition) is 1. The molecule has 3 nitrogen and oxygen atoms in total. The van der Waals surface area contributed by atoms with Gasteiger partial charge >= 0.3 is 5.97 Å². The van der Waals surface area contributed by atoms with Gasteiger partial charge in [0.15, 0.2) is 0 Å². The first-order valence-corrected chi connectivity index (χ1v) is 6.64. The van der Waals surface area contributed by atoms with Crippen molar-refractivity contribution in [3.63, 3.8) is 0 Å². The number of nitrogens with one attached hydrogen (secondary N) is 1. The minimum atomic E-state index is -0.284. The second kappa shape index (κ2) is 7.07. The molecular weight excluding hydrogens is 296 g/mol. The molecule has 1 N–H and O–H groups in total. The van der Waals surface area contributed by atoms with Gasteiger partial charge in [0.2, 0.25) is 0 Å². The fourth-order valence-electron chi connectivity index (χ4n) is 1.33. The lowest BCUT2D eigenvalue weighted by Gasteiger charge is -2.14. The molecular formula is C12H14Cl3NO2. The van der Waals surface area contributed by atoms with Gasteiger partial charge in [-0.3, -0.25) is 4.79 Å². The van der Waals surface area contributed by atoms with E-state index in [9.17, 15) is 4.79 Å². The lowest BCUT2D eigenvalue weighted by Crippen LogP contribution is -2.22. The van der Waals surface area contributed by atoms with Crippen LogP contribution in [0.5, 0.6) is 0 Å². The summed E-state index contributed by atoms with van der Waals surface area (Å²) in [5.41, 5.74) is 0.568. The maximum absolute atomic E-state index is 11.4. The summed E-state index contributed by atoms with van der Waals surface area (Å²) in [6.45, 7) is 4.29. The number of carbonyl (C=O) groups excluding carboxylic acids is 1. The van der Waals surface area contributed by atoms with Crippen LogP contribution in [0.15, 0.2) is 12.1 Å². The molecule has 1 aromatic carbocycles. The standard InChI is InChI=1S/C12H14Cl3NO2/c1-3-18-12(17)7(2)6-16-11-9(14)4-8(13)5-10(11)15/h4-5,7,16H,3,6H2,1-2H3. The number of ether oxygens (including phenoxy) is 1. The lowest BCUT2D eigenvalue weighted by molar-refractivity contribution is -0.146. The third-order valence-corrected chi connectivity index (χ3v) is 3.10. The van der Waals surface area contributed by atoms with E-state index in [0.717, 1.165) is 0 Å². The van der Waals surface area contributed by atoms with E-state index in [1.165, 1.54) is 0 Å². The van der Waals surface area contributed by atoms with Crippen LogP contribution in [-0.2, 0) is 9.53 Å². The van der Waals surface area contributed by atoms with Gasteiger partial charge in [-0.25, -0.2) is 0 Å². The molecule has 1 rings (SSSR count). The zero-order valence-corrected chi connectivity index (χ0v) is 12.4. The summed E-state index contributed by atoms with van der Waals surface area (Å²) in [5, 5.41) is 4.33. The van der Waals surface area contributed by atoms with Gasteiger partial charge in [0, 0.05) is 11.6 Å². The minimum absolute atomic E-state index is 0.258. The van der Waals surface area contributed by atoms with Gasteiger partial charge in [-0.1, -0.05) is 41.7 Å². The van der Waals surface area contributed by atoms with Crippen molar-refractivity contribution < 1.29 is 9.53 Å². The molecule has 6 heteroatoms. The molecule has 0 radical (unpaired) electrons. The summed E-state index contributed by atoms with van der Waals surface area (Å²) >= 11 is 17.8. The van der Waals surface area contributed by atoms with Gasteiger partial charge in [-0.15, -0.1) is 0 Å². The molecule has 18 heavy (non-hydrogen) atoms. The number of rotatable bonds is 5. The molecule has 1 aromatic rings. The second-order valence-corrected chi connectivity index (χ2v) is 5.03. The van der Waals surface area contributed by atoms with Crippen molar-refractivity contribution in [2.24, 2.45) is 5.92 Å². The quantitative estimate of drug-likeness (QED) is 0.826. The van der Waals surface area contributed by atoms with Crippen LogP contribution in [0.25, 0.3) is 0 Å². The highest BCUT2D eigenvalue weighted by Gasteiger charge is 2.15. The van der Waals surface area contributed by atoms with Crippen LogP contribution >= 0.6 is 34.8 Å². The molecule has 0 heterocycles. The highest BCUT2D eigenvalue weighted by molar-refractivity contribution is 6.41. The molecule has 0 aliphatic carbocycles. The molecule has 0 aliphatic rings. The van der Waals surface area contributed by atoms with Crippen molar-refractivity contribution in [2.45, 2.75) is 13.8 Å². The Morgan fingerprint density at radius 2 is 1.89 bits per heavy atom. The van der Waals surface area contributed by atoms with Gasteiger partial charge in [-0.2, -0.15) is 0 Å². The summed E-state index contributed by atoms with van der Waals surface area (Å²) in [6.07, 6.45) is 0. The SMILES string of the molecule is CCOC(=O)C(C)CNc1c(Cl)cc(Cl)cc1Cl. The Balaban J connectivity index is 2.66. The van der Waals surface area contributed by atoms with Gasteiger partial charge in [0.1, 0.15) is 0 Å². The molecule has 0 fully saturated rings. The average Bonchev–Trinajstić information content (AvgIpc) is 2.27. The molecule has 0 spiro atoms. The third kappa shape index (κ3) is 4.23. The molecule has 0 aromatic heterocycles. The number of hydrogen-bond acceptors (Lipinski definition) is 3. The van der Waals surface area contributed by atoms with E-state index in [0.29, 0.717) is 33.9 Å². The first-order valence-electron chi connectivity index (χ1n) is 5.50. The predicted octanol–water partition coefficient (Wildman–Crippen LogP) is 4.26. The normalized spacial score (nSPS) is 12.1. The third-order valence-electron chi connectivity index (χ3n) is 2.28. The largest absolute Gasteiger partial charge is 0.466 e. The molecule has 0 aliphatic heterocycles. The van der Waals surface area contributed by atoms with Gasteiger partial charge in [0.05, 0.1) is 28.3 Å². The highest BCUT2D eigenvalue weighted by atomic mass is 35.5. The van der Waals surface area contributed by atoms with Crippen LogP contribution in [0.2, 0.25) is 15.1 Å². The summed E-state index contributed by atoms with van der Waals surface area (Å²) in [7, 11) is 0. The first-order chi connectivity index (χ1) is 8.45. The van der Waals surface area contributed by atoms with Crippen LogP contribution in [-0.4, -0.2) is 19.1 Å². The van der Waals surface area contributed by atoms with Crippen LogP contribution in [0.1, 0.15) is 13.8 Å². The van der Waals surface area contributed by atoms with Crippen molar-refractivity contribution in [1.82, 2.24) is 0 Å². The van der Waals surface area contributed by atoms with Crippen molar-refractivity contribution in [2.75, 3.05) is 18.5 Å². The maximum Gasteiger partial charge on any atom is 0.310 e. The molecule has 1 atom stereocenters. The van der Waals surface area contributed by atoms with Gasteiger partial charge < -0.3 is 10.1 Å². The van der Waals surface area contributed by atoms with Crippen LogP contribution in [0.4, 0.5) is 5.69 Å². The maximum atomic E-state index is 11.4. The van der Waals surface area contributed by atoms with E-state index < -0.39 is 0 Å². The fourth-order valence-corrected chi connectivity index (χ4v) is 2.28. The number of esters is 1. The molecule has 0 amide bonds. The Hall–Kier alpha value is -0.640. The van der Waals surface area contributed by atoms with E-state index in [4.69, 9.17) is 39.5 Å². The van der Waals surface area contributed by atoms with E-state index in [1.54, 1.807) is 26.0 Å². The summed E-state index contributed by atoms with van der Waals surface area (Å²) < 4.78 is 4.91. The van der Waals surface area contributed by atoms with Crippen LogP contribution < -0.4 is 5.32 Å². The van der Waals surface area contributed by atoms with Crippen molar-refractivity contribution in [3.8, 4) is 0 Å². The fraction of sp³-hybridized carbons (Fsp3) is 0.417. The molecule has 100 valence electrons. The number of anilines is 1. The minimum Gasteiger partial charge on any atom is -0.466 e. The predicted molar refractivity (Wildman–Crippen MR) is 75.8 cm³/mol. The van der Waals surface area contributed by atoms with Crippen LogP contribution in [0.3, 0.4) is 0 Å². The van der Waals surface area contributed by atoms with Crippen LogP contribution in [0, 0.1) is 5.92 Å². The zero-order chi connectivity index (χ0) is 13.7. The first kappa shape index (κ1) is 15.4. The Bertz CT molecular complexity index is 414. The topological polar surface area (TPSA) is 38.3 Å². The monoisotopic (exact) mass is 309 g/mol. The molecule has 1 unspecified atom stereocenters. The van der Waals surface area contributed by atoms with Crippen molar-refractivity contribution >= 4 is 46.5 Å². The summed E-state index contributed by atoms with van der Waals surface area (Å²) in [6, 6.07) is 3.18. The van der Waals surface area contributed by atoms with Gasteiger partial charge in [-0.05, 0) is 19.1 Å². The van der Waals surface area contributed by atoms with Gasteiger partial charge in [0.25, 0.3) is 0 Å². The smallest absolute Gasteiger partial charge is 0.310 e. The highest BCUT2D eigenvalue weighted by Crippen LogP contribution is 2.33. The molecule has 0 saturated heterocycles. The molecule has 0 saturated carbocycles. The Morgan fingerprint density at radius 3 is 2.39 bits per heavy atom. The number of halogens is 3.